The number of hydrogen-bond donors (Lipinski definition) is 2. The number of anilines is 1. The minimum Gasteiger partial charge on any atom is -0.359 e. The third-order valence-electron chi connectivity index (χ3n) is 4.43. The van der Waals surface area contributed by atoms with Crippen LogP contribution in [0.15, 0.2) is 36.4 Å². The van der Waals surface area contributed by atoms with E-state index in [9.17, 15) is 0 Å². The molecule has 2 N–H and O–H groups in total. The average Bonchev–Trinajstić information content (AvgIpc) is 3.01. The predicted molar refractivity (Wildman–Crippen MR) is 89.0 cm³/mol. The molecule has 20 heavy (non-hydrogen) atoms. The topological polar surface area (TPSA) is 24.1 Å². The molecule has 2 nitrogen and oxygen atoms in total. The number of allylic oxidation sites excluding steroid dienone is 1. The van der Waals surface area contributed by atoms with E-state index in [-0.39, 0.29) is 0 Å². The molecule has 3 rings (SSSR count). The van der Waals surface area contributed by atoms with Gasteiger partial charge < -0.3 is 10.6 Å². The Labute approximate surface area is 126 Å². The molecule has 0 saturated heterocycles. The molecule has 106 valence electrons. The van der Waals surface area contributed by atoms with Crippen LogP contribution in [0.3, 0.4) is 0 Å². The molecule has 1 aromatic rings. The lowest BCUT2D eigenvalue weighted by molar-refractivity contribution is 0.526. The molecule has 1 fully saturated rings. The summed E-state index contributed by atoms with van der Waals surface area (Å²) in [5, 5.41) is 7.50. The van der Waals surface area contributed by atoms with Gasteiger partial charge in [-0.2, -0.15) is 0 Å². The van der Waals surface area contributed by atoms with Gasteiger partial charge in [0.1, 0.15) is 0 Å². The van der Waals surface area contributed by atoms with Gasteiger partial charge in [-0.3, -0.25) is 0 Å². The smallest absolute Gasteiger partial charge is 0.171 e. The first kappa shape index (κ1) is 13.6. The Balaban J connectivity index is 1.55. The quantitative estimate of drug-likeness (QED) is 0.647. The van der Waals surface area contributed by atoms with E-state index in [2.05, 4.69) is 60.9 Å². The van der Waals surface area contributed by atoms with E-state index in [1.807, 2.05) is 0 Å². The van der Waals surface area contributed by atoms with Crippen LogP contribution in [-0.4, -0.2) is 11.2 Å². The van der Waals surface area contributed by atoms with Crippen LogP contribution in [0.25, 0.3) is 0 Å². The molecule has 0 heterocycles. The summed E-state index contributed by atoms with van der Waals surface area (Å²) < 4.78 is 0. The summed E-state index contributed by atoms with van der Waals surface area (Å²) in [7, 11) is 0. The second kappa shape index (κ2) is 5.57. The Hall–Kier alpha value is -1.35. The Morgan fingerprint density at radius 2 is 1.90 bits per heavy atom. The Morgan fingerprint density at radius 3 is 2.45 bits per heavy atom. The van der Waals surface area contributed by atoms with Crippen LogP contribution in [0, 0.1) is 11.8 Å². The number of benzene rings is 1. The predicted octanol–water partition coefficient (Wildman–Crippen LogP) is 4.06. The molecular weight excluding hydrogens is 264 g/mol. The lowest BCUT2D eigenvalue weighted by atomic mass is 10.0. The van der Waals surface area contributed by atoms with Crippen molar-refractivity contribution in [3.05, 3.63) is 42.0 Å². The summed E-state index contributed by atoms with van der Waals surface area (Å²) in [6.45, 7) is 4.41. The first-order valence-electron chi connectivity index (χ1n) is 7.47. The molecule has 1 aromatic carbocycles. The zero-order valence-electron chi connectivity index (χ0n) is 12.1. The maximum atomic E-state index is 5.43. The number of thiocarbonyl (C=S) groups is 1. The van der Waals surface area contributed by atoms with Crippen LogP contribution >= 0.6 is 12.2 Å². The number of fused-ring (bicyclic) bond motifs is 2. The number of rotatable bonds is 3. The number of hydrogen-bond acceptors (Lipinski definition) is 1. The van der Waals surface area contributed by atoms with Gasteiger partial charge >= 0.3 is 0 Å². The van der Waals surface area contributed by atoms with Crippen molar-refractivity contribution in [3.8, 4) is 0 Å². The fourth-order valence-electron chi connectivity index (χ4n) is 3.23. The molecular formula is C17H22N2S. The molecule has 0 spiro atoms. The van der Waals surface area contributed by atoms with Gasteiger partial charge in [0.2, 0.25) is 0 Å². The molecule has 1 saturated carbocycles. The van der Waals surface area contributed by atoms with Crippen molar-refractivity contribution in [2.75, 3.05) is 5.32 Å². The van der Waals surface area contributed by atoms with E-state index in [1.165, 1.54) is 18.4 Å². The highest BCUT2D eigenvalue weighted by molar-refractivity contribution is 7.80. The van der Waals surface area contributed by atoms with Gasteiger partial charge in [0.05, 0.1) is 0 Å². The zero-order valence-corrected chi connectivity index (χ0v) is 12.9. The highest BCUT2D eigenvalue weighted by atomic mass is 32.1. The van der Waals surface area contributed by atoms with Crippen LogP contribution < -0.4 is 10.6 Å². The monoisotopic (exact) mass is 286 g/mol. The molecule has 0 radical (unpaired) electrons. The van der Waals surface area contributed by atoms with Crippen LogP contribution in [0.5, 0.6) is 0 Å². The summed E-state index contributed by atoms with van der Waals surface area (Å²) in [5.41, 5.74) is 2.42. The van der Waals surface area contributed by atoms with Crippen molar-refractivity contribution in [1.29, 1.82) is 0 Å². The van der Waals surface area contributed by atoms with E-state index in [0.717, 1.165) is 16.7 Å². The molecule has 0 aromatic heterocycles. The summed E-state index contributed by atoms with van der Waals surface area (Å²) in [6.07, 6.45) is 7.20. The fraction of sp³-hybridized carbons (Fsp3) is 0.471. The minimum absolute atomic E-state index is 0.514. The van der Waals surface area contributed by atoms with Crippen molar-refractivity contribution in [1.82, 2.24) is 5.32 Å². The van der Waals surface area contributed by atoms with Crippen molar-refractivity contribution in [2.24, 2.45) is 11.8 Å². The standard InChI is InChI=1S/C17H22N2S/c1-11(2)13-5-7-15(8-6-13)18-17(20)19-16-10-12-3-4-14(16)9-12/h3-8,11-12,14,16H,9-10H2,1-2H3,(H2,18,19,20). The highest BCUT2D eigenvalue weighted by Gasteiger charge is 2.35. The van der Waals surface area contributed by atoms with Crippen LogP contribution in [0.4, 0.5) is 5.69 Å². The van der Waals surface area contributed by atoms with Gasteiger partial charge in [-0.25, -0.2) is 0 Å². The van der Waals surface area contributed by atoms with Crippen LogP contribution in [0.1, 0.15) is 38.2 Å². The third-order valence-corrected chi connectivity index (χ3v) is 4.65. The summed E-state index contributed by atoms with van der Waals surface area (Å²) >= 11 is 5.43. The summed E-state index contributed by atoms with van der Waals surface area (Å²) in [4.78, 5) is 0. The lowest BCUT2D eigenvalue weighted by Gasteiger charge is -2.22. The molecule has 3 heteroatoms. The molecule has 3 atom stereocenters. The van der Waals surface area contributed by atoms with E-state index >= 15 is 0 Å². The molecule has 3 unspecified atom stereocenters. The Morgan fingerprint density at radius 1 is 1.15 bits per heavy atom. The van der Waals surface area contributed by atoms with Crippen molar-refractivity contribution < 1.29 is 0 Å². The Bertz CT molecular complexity index is 518. The van der Waals surface area contributed by atoms with Crippen molar-refractivity contribution in [2.45, 2.75) is 38.6 Å². The molecule has 2 bridgehead atoms. The first-order valence-corrected chi connectivity index (χ1v) is 7.88. The summed E-state index contributed by atoms with van der Waals surface area (Å²) in [5.74, 6) is 2.00. The Kier molecular flexibility index (Phi) is 3.79. The molecule has 2 aliphatic carbocycles. The molecule has 0 aliphatic heterocycles. The summed E-state index contributed by atoms with van der Waals surface area (Å²) in [6, 6.07) is 9.04. The SMILES string of the molecule is CC(C)c1ccc(NC(=S)NC2CC3C=CC2C3)cc1. The second-order valence-electron chi connectivity index (χ2n) is 6.26. The van der Waals surface area contributed by atoms with E-state index < -0.39 is 0 Å². The molecule has 0 amide bonds. The van der Waals surface area contributed by atoms with E-state index in [0.29, 0.717) is 17.9 Å². The largest absolute Gasteiger partial charge is 0.359 e. The second-order valence-corrected chi connectivity index (χ2v) is 6.67. The first-order chi connectivity index (χ1) is 9.61. The maximum Gasteiger partial charge on any atom is 0.171 e. The number of nitrogens with one attached hydrogen (secondary N) is 2. The normalized spacial score (nSPS) is 27.1. The van der Waals surface area contributed by atoms with Gasteiger partial charge in [0.25, 0.3) is 0 Å². The minimum atomic E-state index is 0.514. The van der Waals surface area contributed by atoms with E-state index in [4.69, 9.17) is 12.2 Å². The van der Waals surface area contributed by atoms with Gasteiger partial charge in [-0.1, -0.05) is 38.1 Å². The third kappa shape index (κ3) is 2.88. The molecule has 2 aliphatic rings. The zero-order chi connectivity index (χ0) is 14.1. The van der Waals surface area contributed by atoms with Crippen LogP contribution in [-0.2, 0) is 0 Å². The van der Waals surface area contributed by atoms with Crippen molar-refractivity contribution >= 4 is 23.0 Å². The van der Waals surface area contributed by atoms with Gasteiger partial charge in [0, 0.05) is 11.7 Å². The maximum absolute atomic E-state index is 5.43. The van der Waals surface area contributed by atoms with E-state index in [1.54, 1.807) is 0 Å². The van der Waals surface area contributed by atoms with Gasteiger partial charge in [-0.15, -0.1) is 0 Å². The fourth-order valence-corrected chi connectivity index (χ4v) is 3.50. The van der Waals surface area contributed by atoms with Gasteiger partial charge in [-0.05, 0) is 60.5 Å². The average molecular weight is 286 g/mol. The van der Waals surface area contributed by atoms with Gasteiger partial charge in [0.15, 0.2) is 5.11 Å². The highest BCUT2D eigenvalue weighted by Crippen LogP contribution is 2.38. The lowest BCUT2D eigenvalue weighted by Crippen LogP contribution is -2.40. The van der Waals surface area contributed by atoms with Crippen molar-refractivity contribution in [3.63, 3.8) is 0 Å². The van der Waals surface area contributed by atoms with Crippen LogP contribution in [0.2, 0.25) is 0 Å².